The zero-order valence-electron chi connectivity index (χ0n) is 14.9. The van der Waals surface area contributed by atoms with Crippen LogP contribution in [0.2, 0.25) is 0 Å². The molecule has 0 radical (unpaired) electrons. The van der Waals surface area contributed by atoms with E-state index in [0.29, 0.717) is 12.2 Å². The highest BCUT2D eigenvalue weighted by molar-refractivity contribution is 6.09. The number of carbonyl (C=O) groups is 2. The first-order chi connectivity index (χ1) is 11.3. The van der Waals surface area contributed by atoms with Gasteiger partial charge in [0.25, 0.3) is 0 Å². The highest BCUT2D eigenvalue weighted by Gasteiger charge is 2.36. The predicted molar refractivity (Wildman–Crippen MR) is 95.2 cm³/mol. The van der Waals surface area contributed by atoms with Crippen molar-refractivity contribution in [1.82, 2.24) is 5.32 Å². The van der Waals surface area contributed by atoms with E-state index in [-0.39, 0.29) is 17.9 Å². The van der Waals surface area contributed by atoms with Gasteiger partial charge < -0.3 is 20.3 Å². The molecule has 0 spiro atoms. The second-order valence-electron chi connectivity index (χ2n) is 6.87. The highest BCUT2D eigenvalue weighted by atomic mass is 16.5. The van der Waals surface area contributed by atoms with Gasteiger partial charge in [0.05, 0.1) is 6.10 Å². The van der Waals surface area contributed by atoms with Crippen molar-refractivity contribution in [3.05, 3.63) is 24.3 Å². The molecule has 1 aromatic carbocycles. The van der Waals surface area contributed by atoms with Crippen LogP contribution in [0.4, 0.5) is 11.4 Å². The summed E-state index contributed by atoms with van der Waals surface area (Å²) in [6, 6.07) is 7.49. The molecule has 2 rings (SSSR count). The minimum absolute atomic E-state index is 0.0615. The largest absolute Gasteiger partial charge is 0.378 e. The average molecular weight is 333 g/mol. The van der Waals surface area contributed by atoms with E-state index < -0.39 is 5.41 Å². The number of hydrogen-bond acceptors (Lipinski definition) is 4. The topological polar surface area (TPSA) is 70.7 Å². The number of anilines is 2. The monoisotopic (exact) mass is 333 g/mol. The molecule has 0 bridgehead atoms. The Balaban J connectivity index is 1.91. The summed E-state index contributed by atoms with van der Waals surface area (Å²) in [4.78, 5) is 26.8. The van der Waals surface area contributed by atoms with Gasteiger partial charge in [-0.25, -0.2) is 0 Å². The third-order valence-corrected chi connectivity index (χ3v) is 4.29. The third kappa shape index (κ3) is 4.47. The lowest BCUT2D eigenvalue weighted by molar-refractivity contribution is -0.138. The Morgan fingerprint density at radius 3 is 2.42 bits per heavy atom. The van der Waals surface area contributed by atoms with E-state index in [0.717, 1.165) is 25.1 Å². The van der Waals surface area contributed by atoms with Crippen LogP contribution in [0, 0.1) is 5.41 Å². The lowest BCUT2D eigenvalue weighted by Crippen LogP contribution is -2.47. The van der Waals surface area contributed by atoms with Gasteiger partial charge in [-0.1, -0.05) is 0 Å². The smallest absolute Gasteiger partial charge is 0.239 e. The summed E-state index contributed by atoms with van der Waals surface area (Å²) in [5, 5.41) is 5.63. The first-order valence-corrected chi connectivity index (χ1v) is 8.29. The molecule has 1 aromatic rings. The van der Waals surface area contributed by atoms with Gasteiger partial charge >= 0.3 is 0 Å². The Hall–Kier alpha value is -2.08. The standard InChI is InChI=1S/C18H27N3O3/c1-18(2,16(22)19-12-15-6-5-11-24-15)17(23)20-13-7-9-14(10-8-13)21(3)4/h7-10,15H,5-6,11-12H2,1-4H3,(H,19,22)(H,20,23). The maximum absolute atomic E-state index is 12.5. The zero-order chi connectivity index (χ0) is 17.7. The first-order valence-electron chi connectivity index (χ1n) is 8.29. The fourth-order valence-electron chi connectivity index (χ4n) is 2.47. The zero-order valence-corrected chi connectivity index (χ0v) is 14.9. The van der Waals surface area contributed by atoms with Gasteiger partial charge in [-0.05, 0) is 51.0 Å². The van der Waals surface area contributed by atoms with E-state index in [9.17, 15) is 9.59 Å². The van der Waals surface area contributed by atoms with Crippen molar-refractivity contribution >= 4 is 23.2 Å². The molecule has 2 amide bonds. The van der Waals surface area contributed by atoms with Crippen molar-refractivity contribution in [1.29, 1.82) is 0 Å². The molecule has 6 nitrogen and oxygen atoms in total. The molecule has 24 heavy (non-hydrogen) atoms. The van der Waals surface area contributed by atoms with E-state index in [4.69, 9.17) is 4.74 Å². The Bertz CT molecular complexity index is 576. The van der Waals surface area contributed by atoms with Crippen LogP contribution in [0.25, 0.3) is 0 Å². The fourth-order valence-corrected chi connectivity index (χ4v) is 2.47. The molecule has 1 heterocycles. The summed E-state index contributed by atoms with van der Waals surface area (Å²) in [6.07, 6.45) is 2.03. The van der Waals surface area contributed by atoms with Gasteiger partial charge in [0, 0.05) is 38.6 Å². The summed E-state index contributed by atoms with van der Waals surface area (Å²) in [5.74, 6) is -0.620. The van der Waals surface area contributed by atoms with Crippen LogP contribution in [0.5, 0.6) is 0 Å². The van der Waals surface area contributed by atoms with Crippen molar-refractivity contribution in [2.75, 3.05) is 37.5 Å². The van der Waals surface area contributed by atoms with Gasteiger partial charge in [-0.15, -0.1) is 0 Å². The fraction of sp³-hybridized carbons (Fsp3) is 0.556. The SMILES string of the molecule is CN(C)c1ccc(NC(=O)C(C)(C)C(=O)NCC2CCCO2)cc1. The number of rotatable bonds is 6. The normalized spacial score (nSPS) is 17.4. The molecule has 1 saturated heterocycles. The summed E-state index contributed by atoms with van der Waals surface area (Å²) in [7, 11) is 3.91. The van der Waals surface area contributed by atoms with Crippen molar-refractivity contribution in [3.63, 3.8) is 0 Å². The second kappa shape index (κ2) is 7.66. The van der Waals surface area contributed by atoms with Crippen molar-refractivity contribution in [3.8, 4) is 0 Å². The number of nitrogens with zero attached hydrogens (tertiary/aromatic N) is 1. The Morgan fingerprint density at radius 1 is 1.21 bits per heavy atom. The molecular weight excluding hydrogens is 306 g/mol. The quantitative estimate of drug-likeness (QED) is 0.781. The van der Waals surface area contributed by atoms with E-state index in [1.165, 1.54) is 0 Å². The molecule has 0 saturated carbocycles. The molecular formula is C18H27N3O3. The maximum atomic E-state index is 12.5. The molecule has 1 aliphatic rings. The number of nitrogens with one attached hydrogen (secondary N) is 2. The van der Waals surface area contributed by atoms with Crippen LogP contribution in [-0.4, -0.2) is 45.2 Å². The van der Waals surface area contributed by atoms with Crippen molar-refractivity contribution in [2.24, 2.45) is 5.41 Å². The second-order valence-corrected chi connectivity index (χ2v) is 6.87. The predicted octanol–water partition coefficient (Wildman–Crippen LogP) is 2.01. The number of amides is 2. The van der Waals surface area contributed by atoms with Gasteiger partial charge in [-0.2, -0.15) is 0 Å². The van der Waals surface area contributed by atoms with Crippen LogP contribution in [0.3, 0.4) is 0 Å². The Kier molecular flexibility index (Phi) is 5.83. The molecule has 2 N–H and O–H groups in total. The summed E-state index contributed by atoms with van der Waals surface area (Å²) in [5.41, 5.74) is 0.561. The van der Waals surface area contributed by atoms with Gasteiger partial charge in [0.15, 0.2) is 0 Å². The van der Waals surface area contributed by atoms with Gasteiger partial charge in [0.1, 0.15) is 5.41 Å². The lowest BCUT2D eigenvalue weighted by atomic mass is 9.90. The Labute approximate surface area is 143 Å². The van der Waals surface area contributed by atoms with Crippen molar-refractivity contribution < 1.29 is 14.3 Å². The minimum Gasteiger partial charge on any atom is -0.378 e. The van der Waals surface area contributed by atoms with E-state index in [1.807, 2.05) is 43.3 Å². The summed E-state index contributed by atoms with van der Waals surface area (Å²) >= 11 is 0. The first kappa shape index (κ1) is 18.3. The molecule has 1 aliphatic heterocycles. The summed E-state index contributed by atoms with van der Waals surface area (Å²) in [6.45, 7) is 4.45. The van der Waals surface area contributed by atoms with Crippen LogP contribution >= 0.6 is 0 Å². The van der Waals surface area contributed by atoms with E-state index in [2.05, 4.69) is 10.6 Å². The van der Waals surface area contributed by atoms with Crippen LogP contribution in [-0.2, 0) is 14.3 Å². The highest BCUT2D eigenvalue weighted by Crippen LogP contribution is 2.21. The number of ether oxygens (including phenoxy) is 1. The van der Waals surface area contributed by atoms with E-state index >= 15 is 0 Å². The molecule has 6 heteroatoms. The van der Waals surface area contributed by atoms with Gasteiger partial charge in [-0.3, -0.25) is 9.59 Å². The Morgan fingerprint density at radius 2 is 1.88 bits per heavy atom. The summed E-state index contributed by atoms with van der Waals surface area (Å²) < 4.78 is 5.48. The number of hydrogen-bond donors (Lipinski definition) is 2. The molecule has 1 unspecified atom stereocenters. The van der Waals surface area contributed by atoms with Crippen LogP contribution in [0.1, 0.15) is 26.7 Å². The number of benzene rings is 1. The maximum Gasteiger partial charge on any atom is 0.239 e. The molecule has 0 aliphatic carbocycles. The van der Waals surface area contributed by atoms with Crippen LogP contribution in [0.15, 0.2) is 24.3 Å². The molecule has 1 atom stereocenters. The third-order valence-electron chi connectivity index (χ3n) is 4.29. The lowest BCUT2D eigenvalue weighted by Gasteiger charge is -2.24. The van der Waals surface area contributed by atoms with E-state index in [1.54, 1.807) is 13.8 Å². The van der Waals surface area contributed by atoms with Gasteiger partial charge in [0.2, 0.25) is 11.8 Å². The molecule has 1 fully saturated rings. The minimum atomic E-state index is -1.15. The molecule has 132 valence electrons. The molecule has 0 aromatic heterocycles. The van der Waals surface area contributed by atoms with Crippen molar-refractivity contribution in [2.45, 2.75) is 32.8 Å². The average Bonchev–Trinajstić information content (AvgIpc) is 3.06. The number of carbonyl (C=O) groups excluding carboxylic acids is 2. The van der Waals surface area contributed by atoms with Crippen LogP contribution < -0.4 is 15.5 Å².